The Hall–Kier alpha value is -1.60. The summed E-state index contributed by atoms with van der Waals surface area (Å²) >= 11 is 0. The largest absolute Gasteiger partial charge is 0.0919 e. The second kappa shape index (κ2) is 6.44. The van der Waals surface area contributed by atoms with Crippen LogP contribution in [0.2, 0.25) is 13.1 Å². The van der Waals surface area contributed by atoms with Crippen LogP contribution in [0, 0.1) is 13.8 Å². The molecule has 0 aliphatic rings. The van der Waals surface area contributed by atoms with Crippen molar-refractivity contribution in [2.45, 2.75) is 39.4 Å². The number of allylic oxidation sites excluding steroid dienone is 2. The molecule has 1 heteroatoms. The van der Waals surface area contributed by atoms with Crippen LogP contribution in [0.15, 0.2) is 60.7 Å². The van der Waals surface area contributed by atoms with Crippen LogP contribution in [-0.4, -0.2) is 8.07 Å². The monoisotopic (exact) mass is 294 g/mol. The summed E-state index contributed by atoms with van der Waals surface area (Å²) in [6, 6.07) is 17.7. The molecule has 21 heavy (non-hydrogen) atoms. The van der Waals surface area contributed by atoms with E-state index in [1.54, 1.807) is 0 Å². The highest BCUT2D eigenvalue weighted by Gasteiger charge is 2.34. The zero-order chi connectivity index (χ0) is 15.5. The molecule has 0 bridgehead atoms. The van der Waals surface area contributed by atoms with Gasteiger partial charge in [0.25, 0.3) is 0 Å². The molecule has 0 aliphatic heterocycles. The highest BCUT2D eigenvalue weighted by Crippen LogP contribution is 2.33. The van der Waals surface area contributed by atoms with Gasteiger partial charge in [0.2, 0.25) is 0 Å². The molecular weight excluding hydrogens is 268 g/mol. The maximum absolute atomic E-state index is 2.48. The SMILES string of the molecule is C/C=C/C(c1c(C)cccc1C)[Si](C)(C)c1ccccc1. The van der Waals surface area contributed by atoms with E-state index in [1.807, 2.05) is 0 Å². The zero-order valence-corrected chi connectivity index (χ0v) is 14.9. The van der Waals surface area contributed by atoms with Gasteiger partial charge >= 0.3 is 0 Å². The van der Waals surface area contributed by atoms with Crippen molar-refractivity contribution in [1.29, 1.82) is 0 Å². The summed E-state index contributed by atoms with van der Waals surface area (Å²) in [5.74, 6) is 0. The molecule has 0 aromatic heterocycles. The Bertz CT molecular complexity index is 603. The van der Waals surface area contributed by atoms with Crippen molar-refractivity contribution in [3.05, 3.63) is 77.4 Å². The molecule has 0 spiro atoms. The molecule has 2 aromatic carbocycles. The molecular formula is C20H26Si. The van der Waals surface area contributed by atoms with E-state index in [0.29, 0.717) is 5.54 Å². The van der Waals surface area contributed by atoms with Crippen molar-refractivity contribution in [2.75, 3.05) is 0 Å². The fourth-order valence-corrected chi connectivity index (χ4v) is 6.52. The first-order valence-electron chi connectivity index (χ1n) is 7.73. The fourth-order valence-electron chi connectivity index (χ4n) is 3.26. The maximum atomic E-state index is 2.48. The average molecular weight is 295 g/mol. The molecule has 0 nitrogen and oxygen atoms in total. The third-order valence-electron chi connectivity index (χ3n) is 4.53. The summed E-state index contributed by atoms with van der Waals surface area (Å²) in [6.07, 6.45) is 4.63. The molecule has 0 heterocycles. The lowest BCUT2D eigenvalue weighted by molar-refractivity contribution is 1.08. The smallest absolute Gasteiger partial charge is 0.0913 e. The van der Waals surface area contributed by atoms with Crippen LogP contribution in [0.5, 0.6) is 0 Å². The van der Waals surface area contributed by atoms with Crippen molar-refractivity contribution in [3.63, 3.8) is 0 Å². The van der Waals surface area contributed by atoms with Gasteiger partial charge < -0.3 is 0 Å². The van der Waals surface area contributed by atoms with Crippen LogP contribution >= 0.6 is 0 Å². The first kappa shape index (κ1) is 15.8. The quantitative estimate of drug-likeness (QED) is 0.542. The molecule has 0 saturated carbocycles. The molecule has 2 aromatic rings. The molecule has 0 radical (unpaired) electrons. The number of hydrogen-bond acceptors (Lipinski definition) is 0. The third-order valence-corrected chi connectivity index (χ3v) is 8.39. The van der Waals surface area contributed by atoms with Crippen LogP contribution in [0.4, 0.5) is 0 Å². The van der Waals surface area contributed by atoms with E-state index in [2.05, 4.69) is 94.5 Å². The van der Waals surface area contributed by atoms with E-state index in [0.717, 1.165) is 0 Å². The van der Waals surface area contributed by atoms with Gasteiger partial charge in [-0.3, -0.25) is 0 Å². The van der Waals surface area contributed by atoms with E-state index in [4.69, 9.17) is 0 Å². The summed E-state index contributed by atoms with van der Waals surface area (Å²) in [7, 11) is -1.62. The molecule has 0 amide bonds. The predicted molar refractivity (Wildman–Crippen MR) is 97.0 cm³/mol. The van der Waals surface area contributed by atoms with Gasteiger partial charge in [0, 0.05) is 5.54 Å². The van der Waals surface area contributed by atoms with Crippen molar-refractivity contribution in [1.82, 2.24) is 0 Å². The standard InChI is InChI=1S/C20H26Si/c1-6-11-19(20-16(2)12-10-13-17(20)3)21(4,5)18-14-8-7-9-15-18/h6-15,19H,1-5H3/b11-6+. The van der Waals surface area contributed by atoms with Crippen LogP contribution in [-0.2, 0) is 0 Å². The summed E-state index contributed by atoms with van der Waals surface area (Å²) in [4.78, 5) is 0. The average Bonchev–Trinajstić information content (AvgIpc) is 2.47. The van der Waals surface area contributed by atoms with Gasteiger partial charge in [-0.05, 0) is 37.5 Å². The van der Waals surface area contributed by atoms with Gasteiger partial charge in [-0.15, -0.1) is 0 Å². The van der Waals surface area contributed by atoms with Crippen LogP contribution in [0.1, 0.15) is 29.2 Å². The van der Waals surface area contributed by atoms with E-state index in [-0.39, 0.29) is 0 Å². The minimum atomic E-state index is -1.62. The van der Waals surface area contributed by atoms with Gasteiger partial charge in [-0.2, -0.15) is 0 Å². The molecule has 0 aliphatic carbocycles. The van der Waals surface area contributed by atoms with Crippen LogP contribution < -0.4 is 5.19 Å². The van der Waals surface area contributed by atoms with Crippen LogP contribution in [0.25, 0.3) is 0 Å². The summed E-state index contributed by atoms with van der Waals surface area (Å²) in [6.45, 7) is 11.6. The summed E-state index contributed by atoms with van der Waals surface area (Å²) < 4.78 is 0. The lowest BCUT2D eigenvalue weighted by Crippen LogP contribution is -2.47. The molecule has 1 unspecified atom stereocenters. The van der Waals surface area contributed by atoms with Crippen molar-refractivity contribution < 1.29 is 0 Å². The molecule has 0 saturated heterocycles. The minimum absolute atomic E-state index is 0.520. The van der Waals surface area contributed by atoms with Crippen molar-refractivity contribution in [2.24, 2.45) is 0 Å². The highest BCUT2D eigenvalue weighted by molar-refractivity contribution is 6.91. The molecule has 0 fully saturated rings. The highest BCUT2D eigenvalue weighted by atomic mass is 28.3. The number of rotatable bonds is 4. The van der Waals surface area contributed by atoms with E-state index < -0.39 is 8.07 Å². The van der Waals surface area contributed by atoms with E-state index in [1.165, 1.54) is 21.9 Å². The lowest BCUT2D eigenvalue weighted by atomic mass is 9.99. The molecule has 2 rings (SSSR count). The first-order valence-corrected chi connectivity index (χ1v) is 10.8. The Balaban J connectivity index is 2.59. The van der Waals surface area contributed by atoms with E-state index in [9.17, 15) is 0 Å². The summed E-state index contributed by atoms with van der Waals surface area (Å²) in [5, 5.41) is 1.52. The van der Waals surface area contributed by atoms with Gasteiger partial charge in [-0.1, -0.05) is 79.0 Å². The van der Waals surface area contributed by atoms with Crippen molar-refractivity contribution in [3.8, 4) is 0 Å². The normalized spacial score (nSPS) is 13.6. The second-order valence-electron chi connectivity index (χ2n) is 6.40. The summed E-state index contributed by atoms with van der Waals surface area (Å²) in [5.41, 5.74) is 4.87. The van der Waals surface area contributed by atoms with Crippen molar-refractivity contribution >= 4 is 13.3 Å². The molecule has 0 N–H and O–H groups in total. The van der Waals surface area contributed by atoms with Gasteiger partial charge in [-0.25, -0.2) is 0 Å². The Kier molecular flexibility index (Phi) is 4.84. The number of benzene rings is 2. The molecule has 110 valence electrons. The fraction of sp³-hybridized carbons (Fsp3) is 0.300. The van der Waals surface area contributed by atoms with Gasteiger partial charge in [0.15, 0.2) is 0 Å². The maximum Gasteiger partial charge on any atom is 0.0919 e. The Labute approximate surface area is 130 Å². The first-order chi connectivity index (χ1) is 9.98. The lowest BCUT2D eigenvalue weighted by Gasteiger charge is -2.33. The molecule has 1 atom stereocenters. The second-order valence-corrected chi connectivity index (χ2v) is 11.0. The van der Waals surface area contributed by atoms with Gasteiger partial charge in [0.05, 0.1) is 8.07 Å². The zero-order valence-electron chi connectivity index (χ0n) is 13.9. The Morgan fingerprint density at radius 3 is 1.95 bits per heavy atom. The predicted octanol–water partition coefficient (Wildman–Crippen LogP) is 5.12. The van der Waals surface area contributed by atoms with Crippen LogP contribution in [0.3, 0.4) is 0 Å². The Morgan fingerprint density at radius 1 is 0.857 bits per heavy atom. The number of hydrogen-bond donors (Lipinski definition) is 0. The topological polar surface area (TPSA) is 0 Å². The Morgan fingerprint density at radius 2 is 1.43 bits per heavy atom. The minimum Gasteiger partial charge on any atom is -0.0913 e. The number of aryl methyl sites for hydroxylation is 2. The third kappa shape index (κ3) is 3.19. The van der Waals surface area contributed by atoms with Gasteiger partial charge in [0.1, 0.15) is 0 Å². The van der Waals surface area contributed by atoms with E-state index >= 15 is 0 Å².